The van der Waals surface area contributed by atoms with Crippen LogP contribution in [0.1, 0.15) is 10.9 Å². The van der Waals surface area contributed by atoms with Crippen LogP contribution in [-0.2, 0) is 0 Å². The predicted octanol–water partition coefficient (Wildman–Crippen LogP) is 2.96. The van der Waals surface area contributed by atoms with Crippen LogP contribution >= 0.6 is 11.6 Å². The van der Waals surface area contributed by atoms with E-state index >= 15 is 0 Å². The van der Waals surface area contributed by atoms with Gasteiger partial charge in [-0.05, 0) is 5.56 Å². The second kappa shape index (κ2) is 3.43. The molecule has 1 aromatic rings. The quantitative estimate of drug-likeness (QED) is 0.571. The summed E-state index contributed by atoms with van der Waals surface area (Å²) in [5.41, 5.74) is 1.03. The molecule has 1 atom stereocenters. The van der Waals surface area contributed by atoms with Gasteiger partial charge in [-0.25, -0.2) is 0 Å². The minimum atomic E-state index is -0.166. The van der Waals surface area contributed by atoms with Crippen molar-refractivity contribution in [3.63, 3.8) is 0 Å². The van der Waals surface area contributed by atoms with Crippen molar-refractivity contribution in [1.29, 1.82) is 0 Å². The SMILES string of the molecule is [CH]=CC(Cl)c1ccccc1. The van der Waals surface area contributed by atoms with Crippen molar-refractivity contribution < 1.29 is 0 Å². The highest BCUT2D eigenvalue weighted by atomic mass is 35.5. The van der Waals surface area contributed by atoms with Gasteiger partial charge in [0.05, 0.1) is 5.38 Å². The first-order chi connectivity index (χ1) is 4.84. The van der Waals surface area contributed by atoms with Gasteiger partial charge in [0.2, 0.25) is 0 Å². The van der Waals surface area contributed by atoms with Crippen LogP contribution in [0.15, 0.2) is 36.4 Å². The molecule has 0 N–H and O–H groups in total. The molecule has 10 heavy (non-hydrogen) atoms. The fraction of sp³-hybridized carbons (Fsp3) is 0.111. The lowest BCUT2D eigenvalue weighted by atomic mass is 10.1. The minimum absolute atomic E-state index is 0.166. The molecular weight excluding hydrogens is 144 g/mol. The van der Waals surface area contributed by atoms with Gasteiger partial charge in [0, 0.05) is 0 Å². The molecule has 1 heteroatoms. The van der Waals surface area contributed by atoms with Crippen molar-refractivity contribution in [1.82, 2.24) is 0 Å². The Hall–Kier alpha value is -0.750. The zero-order chi connectivity index (χ0) is 7.40. The van der Waals surface area contributed by atoms with Gasteiger partial charge in [-0.2, -0.15) is 0 Å². The van der Waals surface area contributed by atoms with Crippen LogP contribution in [0.5, 0.6) is 0 Å². The Labute approximate surface area is 66.1 Å². The van der Waals surface area contributed by atoms with E-state index in [1.807, 2.05) is 30.3 Å². The Balaban J connectivity index is 2.84. The Morgan fingerprint density at radius 1 is 1.30 bits per heavy atom. The monoisotopic (exact) mass is 151 g/mol. The second-order valence-corrected chi connectivity index (χ2v) is 2.48. The summed E-state index contributed by atoms with van der Waals surface area (Å²) < 4.78 is 0. The third-order valence-electron chi connectivity index (χ3n) is 1.29. The van der Waals surface area contributed by atoms with E-state index in [0.29, 0.717) is 0 Å². The van der Waals surface area contributed by atoms with Crippen molar-refractivity contribution in [2.75, 3.05) is 0 Å². The number of hydrogen-bond acceptors (Lipinski definition) is 0. The van der Waals surface area contributed by atoms with Crippen LogP contribution in [0.4, 0.5) is 0 Å². The molecule has 1 unspecified atom stereocenters. The number of benzene rings is 1. The maximum absolute atomic E-state index is 5.81. The highest BCUT2D eigenvalue weighted by Gasteiger charge is 1.98. The summed E-state index contributed by atoms with van der Waals surface area (Å²) in [5.74, 6) is 0. The summed E-state index contributed by atoms with van der Waals surface area (Å²) in [5, 5.41) is -0.166. The van der Waals surface area contributed by atoms with Crippen molar-refractivity contribution in [2.24, 2.45) is 0 Å². The molecule has 0 saturated heterocycles. The lowest BCUT2D eigenvalue weighted by molar-refractivity contribution is 1.22. The molecular formula is C9H8Cl. The van der Waals surface area contributed by atoms with E-state index < -0.39 is 0 Å². The number of allylic oxidation sites excluding steroid dienone is 1. The summed E-state index contributed by atoms with van der Waals surface area (Å²) >= 11 is 5.81. The van der Waals surface area contributed by atoms with Crippen LogP contribution in [-0.4, -0.2) is 0 Å². The molecule has 0 aliphatic carbocycles. The van der Waals surface area contributed by atoms with Crippen LogP contribution in [0, 0.1) is 6.58 Å². The van der Waals surface area contributed by atoms with Crippen molar-refractivity contribution in [3.05, 3.63) is 48.6 Å². The lowest BCUT2D eigenvalue weighted by Crippen LogP contribution is -1.82. The standard InChI is InChI=1S/C9H8Cl/c1-2-9(10)8-6-4-3-5-7-8/h1-7,9H. The van der Waals surface area contributed by atoms with Crippen LogP contribution < -0.4 is 0 Å². The lowest BCUT2D eigenvalue weighted by Gasteiger charge is -2.00. The van der Waals surface area contributed by atoms with Gasteiger partial charge in [0.1, 0.15) is 0 Å². The van der Waals surface area contributed by atoms with Gasteiger partial charge in [0.25, 0.3) is 0 Å². The molecule has 0 nitrogen and oxygen atoms in total. The van der Waals surface area contributed by atoms with E-state index in [2.05, 4.69) is 0 Å². The third kappa shape index (κ3) is 1.61. The number of hydrogen-bond donors (Lipinski definition) is 0. The molecule has 1 rings (SSSR count). The Kier molecular flexibility index (Phi) is 2.52. The largest absolute Gasteiger partial charge is 0.113 e. The fourth-order valence-corrected chi connectivity index (χ4v) is 0.893. The first-order valence-electron chi connectivity index (χ1n) is 3.08. The van der Waals surface area contributed by atoms with E-state index in [4.69, 9.17) is 18.2 Å². The summed E-state index contributed by atoms with van der Waals surface area (Å²) in [6.45, 7) is 5.25. The molecule has 0 amide bonds. The van der Waals surface area contributed by atoms with Crippen LogP contribution in [0.25, 0.3) is 0 Å². The average Bonchev–Trinajstić information content (AvgIpc) is 2.05. The molecule has 0 aromatic heterocycles. The van der Waals surface area contributed by atoms with Crippen molar-refractivity contribution in [3.8, 4) is 0 Å². The van der Waals surface area contributed by atoms with Gasteiger partial charge in [-0.1, -0.05) is 43.0 Å². The number of rotatable bonds is 2. The van der Waals surface area contributed by atoms with E-state index in [9.17, 15) is 0 Å². The van der Waals surface area contributed by atoms with Crippen LogP contribution in [0.2, 0.25) is 0 Å². The van der Waals surface area contributed by atoms with E-state index in [1.54, 1.807) is 0 Å². The minimum Gasteiger partial charge on any atom is -0.113 e. The Morgan fingerprint density at radius 3 is 2.40 bits per heavy atom. The second-order valence-electron chi connectivity index (χ2n) is 2.00. The first kappa shape index (κ1) is 7.36. The summed E-state index contributed by atoms with van der Waals surface area (Å²) in [6.07, 6.45) is 1.47. The Bertz CT molecular complexity index is 203. The average molecular weight is 152 g/mol. The van der Waals surface area contributed by atoms with Crippen molar-refractivity contribution in [2.45, 2.75) is 5.38 Å². The van der Waals surface area contributed by atoms with Gasteiger partial charge in [-0.3, -0.25) is 0 Å². The van der Waals surface area contributed by atoms with Gasteiger partial charge in [-0.15, -0.1) is 11.6 Å². The number of alkyl halides is 1. The molecule has 0 aliphatic rings. The fourth-order valence-electron chi connectivity index (χ4n) is 0.748. The zero-order valence-corrected chi connectivity index (χ0v) is 6.25. The van der Waals surface area contributed by atoms with E-state index in [-0.39, 0.29) is 5.38 Å². The Morgan fingerprint density at radius 2 is 1.90 bits per heavy atom. The molecule has 0 aliphatic heterocycles. The molecule has 0 saturated carbocycles. The molecule has 0 bridgehead atoms. The van der Waals surface area contributed by atoms with Crippen molar-refractivity contribution >= 4 is 11.6 Å². The smallest absolute Gasteiger partial charge is 0.0769 e. The molecule has 1 aromatic carbocycles. The topological polar surface area (TPSA) is 0 Å². The predicted molar refractivity (Wildman–Crippen MR) is 43.9 cm³/mol. The molecule has 0 heterocycles. The highest BCUT2D eigenvalue weighted by molar-refractivity contribution is 6.21. The van der Waals surface area contributed by atoms with Crippen LogP contribution in [0.3, 0.4) is 0 Å². The maximum Gasteiger partial charge on any atom is 0.0769 e. The normalized spacial score (nSPS) is 12.5. The van der Waals surface area contributed by atoms with Gasteiger partial charge >= 0.3 is 0 Å². The molecule has 0 fully saturated rings. The first-order valence-corrected chi connectivity index (χ1v) is 3.52. The summed E-state index contributed by atoms with van der Waals surface area (Å²) in [7, 11) is 0. The summed E-state index contributed by atoms with van der Waals surface area (Å²) in [6, 6.07) is 9.72. The zero-order valence-electron chi connectivity index (χ0n) is 5.50. The third-order valence-corrected chi connectivity index (χ3v) is 1.68. The highest BCUT2D eigenvalue weighted by Crippen LogP contribution is 2.19. The van der Waals surface area contributed by atoms with E-state index in [0.717, 1.165) is 5.56 Å². The number of halogens is 1. The van der Waals surface area contributed by atoms with E-state index in [1.165, 1.54) is 6.08 Å². The molecule has 1 radical (unpaired) electrons. The summed E-state index contributed by atoms with van der Waals surface area (Å²) in [4.78, 5) is 0. The maximum atomic E-state index is 5.81. The molecule has 51 valence electrons. The van der Waals surface area contributed by atoms with Gasteiger partial charge in [0.15, 0.2) is 0 Å². The molecule has 0 spiro atoms. The van der Waals surface area contributed by atoms with Gasteiger partial charge < -0.3 is 0 Å².